The second-order valence-corrected chi connectivity index (χ2v) is 5.62. The van der Waals surface area contributed by atoms with E-state index in [2.05, 4.69) is 5.32 Å². The Morgan fingerprint density at radius 1 is 1.08 bits per heavy atom. The van der Waals surface area contributed by atoms with Crippen LogP contribution in [0, 0.1) is 5.82 Å². The van der Waals surface area contributed by atoms with E-state index in [4.69, 9.17) is 9.47 Å². The highest BCUT2D eigenvalue weighted by molar-refractivity contribution is 5.82. The minimum Gasteiger partial charge on any atom is -0.497 e. The molecule has 2 aromatic carbocycles. The molecule has 2 unspecified atom stereocenters. The highest BCUT2D eigenvalue weighted by Gasteiger charge is 2.22. The van der Waals surface area contributed by atoms with Gasteiger partial charge in [-0.05, 0) is 48.9 Å². The number of aliphatic carboxylic acids is 1. The number of amides is 1. The molecule has 0 spiro atoms. The number of hydrogen-bond acceptors (Lipinski definition) is 4. The van der Waals surface area contributed by atoms with Crippen LogP contribution in [-0.4, -0.2) is 36.7 Å². The lowest BCUT2D eigenvalue weighted by Gasteiger charge is -2.18. The summed E-state index contributed by atoms with van der Waals surface area (Å²) >= 11 is 0. The third kappa shape index (κ3) is 5.20. The van der Waals surface area contributed by atoms with Gasteiger partial charge in [-0.1, -0.05) is 12.1 Å². The van der Waals surface area contributed by atoms with Crippen LogP contribution in [0.25, 0.3) is 0 Å². The Morgan fingerprint density at radius 2 is 1.65 bits per heavy atom. The van der Waals surface area contributed by atoms with E-state index in [1.807, 2.05) is 0 Å². The van der Waals surface area contributed by atoms with Gasteiger partial charge < -0.3 is 19.9 Å². The summed E-state index contributed by atoms with van der Waals surface area (Å²) in [6, 6.07) is 11.9. The predicted octanol–water partition coefficient (Wildman–Crippen LogP) is 2.59. The topological polar surface area (TPSA) is 84.9 Å². The number of carbonyl (C=O) groups is 2. The van der Waals surface area contributed by atoms with Crippen LogP contribution in [0.2, 0.25) is 0 Å². The molecule has 26 heavy (non-hydrogen) atoms. The fourth-order valence-electron chi connectivity index (χ4n) is 2.30. The second-order valence-electron chi connectivity index (χ2n) is 5.62. The summed E-state index contributed by atoms with van der Waals surface area (Å²) in [6.07, 6.45) is -0.814. The maximum atomic E-state index is 13.0. The van der Waals surface area contributed by atoms with E-state index in [9.17, 15) is 19.1 Å². The molecule has 6 nitrogen and oxygen atoms in total. The van der Waals surface area contributed by atoms with Crippen LogP contribution in [0.5, 0.6) is 11.5 Å². The largest absolute Gasteiger partial charge is 0.497 e. The van der Waals surface area contributed by atoms with Crippen molar-refractivity contribution in [2.45, 2.75) is 18.9 Å². The first-order valence-electron chi connectivity index (χ1n) is 7.97. The summed E-state index contributed by atoms with van der Waals surface area (Å²) in [4.78, 5) is 23.6. The molecule has 2 rings (SSSR count). The number of carboxylic acids is 1. The molecule has 0 heterocycles. The van der Waals surface area contributed by atoms with Crippen molar-refractivity contribution in [1.29, 1.82) is 0 Å². The van der Waals surface area contributed by atoms with E-state index >= 15 is 0 Å². The van der Waals surface area contributed by atoms with Crippen LogP contribution < -0.4 is 14.8 Å². The first-order valence-corrected chi connectivity index (χ1v) is 7.97. The quantitative estimate of drug-likeness (QED) is 0.755. The number of nitrogens with one attached hydrogen (secondary N) is 1. The lowest BCUT2D eigenvalue weighted by atomic mass is 9.99. The SMILES string of the molecule is COc1ccc(OC(C)C(=O)NCC(C(=O)O)c2ccc(F)cc2)cc1. The second kappa shape index (κ2) is 8.84. The van der Waals surface area contributed by atoms with Crippen LogP contribution in [0.15, 0.2) is 48.5 Å². The van der Waals surface area contributed by atoms with Gasteiger partial charge in [0.1, 0.15) is 17.3 Å². The van der Waals surface area contributed by atoms with Gasteiger partial charge in [0.05, 0.1) is 13.0 Å². The molecule has 0 saturated heterocycles. The minimum atomic E-state index is -1.11. The maximum Gasteiger partial charge on any atom is 0.312 e. The molecule has 0 fully saturated rings. The first-order chi connectivity index (χ1) is 12.4. The van der Waals surface area contributed by atoms with E-state index < -0.39 is 29.7 Å². The molecular formula is C19H20FNO5. The molecule has 2 N–H and O–H groups in total. The Hall–Kier alpha value is -3.09. The molecule has 0 aliphatic heterocycles. The molecule has 1 amide bonds. The summed E-state index contributed by atoms with van der Waals surface area (Å²) in [7, 11) is 1.55. The van der Waals surface area contributed by atoms with Crippen molar-refractivity contribution >= 4 is 11.9 Å². The molecule has 0 bridgehead atoms. The summed E-state index contributed by atoms with van der Waals surface area (Å²) in [5.41, 5.74) is 0.405. The smallest absolute Gasteiger partial charge is 0.312 e. The van der Waals surface area contributed by atoms with Gasteiger partial charge in [0.15, 0.2) is 6.10 Å². The Labute approximate surface area is 150 Å². The predicted molar refractivity (Wildman–Crippen MR) is 92.9 cm³/mol. The van der Waals surface area contributed by atoms with Crippen molar-refractivity contribution in [2.24, 2.45) is 0 Å². The molecule has 0 aromatic heterocycles. The van der Waals surface area contributed by atoms with Crippen molar-refractivity contribution in [3.63, 3.8) is 0 Å². The van der Waals surface area contributed by atoms with E-state index in [1.54, 1.807) is 38.3 Å². The van der Waals surface area contributed by atoms with Crippen molar-refractivity contribution in [1.82, 2.24) is 5.32 Å². The number of carbonyl (C=O) groups excluding carboxylic acids is 1. The van der Waals surface area contributed by atoms with Crippen LogP contribution in [-0.2, 0) is 9.59 Å². The molecule has 0 radical (unpaired) electrons. The Morgan fingerprint density at radius 3 is 2.19 bits per heavy atom. The highest BCUT2D eigenvalue weighted by Crippen LogP contribution is 2.19. The van der Waals surface area contributed by atoms with Gasteiger partial charge in [0, 0.05) is 6.54 Å². The fraction of sp³-hybridized carbons (Fsp3) is 0.263. The fourth-order valence-corrected chi connectivity index (χ4v) is 2.30. The summed E-state index contributed by atoms with van der Waals surface area (Å²) in [5.74, 6) is -1.84. The zero-order chi connectivity index (χ0) is 19.1. The lowest BCUT2D eigenvalue weighted by Crippen LogP contribution is -2.39. The lowest BCUT2D eigenvalue weighted by molar-refractivity contribution is -0.138. The normalized spacial score (nSPS) is 12.7. The van der Waals surface area contributed by atoms with Gasteiger partial charge in [-0.2, -0.15) is 0 Å². The average Bonchev–Trinajstić information content (AvgIpc) is 2.63. The summed E-state index contributed by atoms with van der Waals surface area (Å²) in [5, 5.41) is 11.9. The van der Waals surface area contributed by atoms with Crippen molar-refractivity contribution in [3.05, 3.63) is 59.9 Å². The zero-order valence-electron chi connectivity index (χ0n) is 14.4. The molecule has 2 aromatic rings. The number of rotatable bonds is 8. The standard InChI is InChI=1S/C19H20FNO5/c1-12(26-16-9-7-15(25-2)8-10-16)18(22)21-11-17(19(23)24)13-3-5-14(20)6-4-13/h3-10,12,17H,11H2,1-2H3,(H,21,22)(H,23,24). The number of methoxy groups -OCH3 is 1. The summed E-state index contributed by atoms with van der Waals surface area (Å²) in [6.45, 7) is 1.43. The molecule has 138 valence electrons. The van der Waals surface area contributed by atoms with Gasteiger partial charge in [-0.15, -0.1) is 0 Å². The maximum absolute atomic E-state index is 13.0. The number of ether oxygens (including phenoxy) is 2. The minimum absolute atomic E-state index is 0.129. The molecular weight excluding hydrogens is 341 g/mol. The number of halogens is 1. The molecule has 0 aliphatic rings. The highest BCUT2D eigenvalue weighted by atomic mass is 19.1. The van der Waals surface area contributed by atoms with Crippen LogP contribution >= 0.6 is 0 Å². The van der Waals surface area contributed by atoms with Crippen molar-refractivity contribution < 1.29 is 28.6 Å². The first kappa shape index (κ1) is 19.2. The van der Waals surface area contributed by atoms with Gasteiger partial charge in [0.2, 0.25) is 0 Å². The Bertz CT molecular complexity index is 746. The monoisotopic (exact) mass is 361 g/mol. The van der Waals surface area contributed by atoms with Gasteiger partial charge in [-0.25, -0.2) is 4.39 Å². The Kier molecular flexibility index (Phi) is 6.54. The molecule has 7 heteroatoms. The van der Waals surface area contributed by atoms with Crippen LogP contribution in [0.4, 0.5) is 4.39 Å². The molecule has 2 atom stereocenters. The number of benzene rings is 2. The van der Waals surface area contributed by atoms with Crippen LogP contribution in [0.1, 0.15) is 18.4 Å². The van der Waals surface area contributed by atoms with Crippen molar-refractivity contribution in [2.75, 3.05) is 13.7 Å². The van der Waals surface area contributed by atoms with Gasteiger partial charge >= 0.3 is 5.97 Å². The Balaban J connectivity index is 1.93. The van der Waals surface area contributed by atoms with E-state index in [-0.39, 0.29) is 6.54 Å². The number of hydrogen-bond donors (Lipinski definition) is 2. The van der Waals surface area contributed by atoms with E-state index in [0.717, 1.165) is 0 Å². The van der Waals surface area contributed by atoms with E-state index in [0.29, 0.717) is 17.1 Å². The van der Waals surface area contributed by atoms with Gasteiger partial charge in [0.25, 0.3) is 5.91 Å². The average molecular weight is 361 g/mol. The third-order valence-corrected chi connectivity index (χ3v) is 3.79. The number of carboxylic acid groups (broad SMARTS) is 1. The zero-order valence-corrected chi connectivity index (χ0v) is 14.4. The van der Waals surface area contributed by atoms with Gasteiger partial charge in [-0.3, -0.25) is 9.59 Å². The van der Waals surface area contributed by atoms with E-state index in [1.165, 1.54) is 24.3 Å². The van der Waals surface area contributed by atoms with Crippen molar-refractivity contribution in [3.8, 4) is 11.5 Å². The summed E-state index contributed by atoms with van der Waals surface area (Å²) < 4.78 is 23.6. The molecule has 0 aliphatic carbocycles. The van der Waals surface area contributed by atoms with Crippen LogP contribution in [0.3, 0.4) is 0 Å². The molecule has 0 saturated carbocycles. The third-order valence-electron chi connectivity index (χ3n) is 3.79.